The molecule has 100 valence electrons. The molecule has 0 radical (unpaired) electrons. The summed E-state index contributed by atoms with van der Waals surface area (Å²) in [6, 6.07) is 10.3. The van der Waals surface area contributed by atoms with Crippen LogP contribution in [-0.2, 0) is 11.3 Å². The van der Waals surface area contributed by atoms with Crippen LogP contribution in [0.25, 0.3) is 0 Å². The van der Waals surface area contributed by atoms with Gasteiger partial charge >= 0.3 is 5.97 Å². The molecule has 1 aliphatic heterocycles. The molecular formula is C15H10FNO3. The van der Waals surface area contributed by atoms with Gasteiger partial charge in [-0.25, -0.2) is 9.18 Å². The largest absolute Gasteiger partial charge is 0.457 e. The van der Waals surface area contributed by atoms with E-state index in [1.165, 1.54) is 18.2 Å². The first-order valence-electron chi connectivity index (χ1n) is 6.00. The predicted molar refractivity (Wildman–Crippen MR) is 69.9 cm³/mol. The number of carbonyl (C=O) groups is 2. The number of benzene rings is 2. The number of amides is 1. The van der Waals surface area contributed by atoms with Crippen LogP contribution in [0.5, 0.6) is 0 Å². The molecule has 1 N–H and O–H groups in total. The summed E-state index contributed by atoms with van der Waals surface area (Å²) >= 11 is 0. The number of halogens is 1. The number of rotatable bonds is 2. The number of anilines is 1. The van der Waals surface area contributed by atoms with E-state index in [0.717, 1.165) is 11.6 Å². The number of carbonyl (C=O) groups excluding carboxylic acids is 2. The Morgan fingerprint density at radius 2 is 2.05 bits per heavy atom. The number of cyclic esters (lactones) is 1. The maximum Gasteiger partial charge on any atom is 0.338 e. The number of hydrogen-bond donors (Lipinski definition) is 1. The van der Waals surface area contributed by atoms with E-state index in [0.29, 0.717) is 11.3 Å². The Morgan fingerprint density at radius 3 is 2.85 bits per heavy atom. The van der Waals surface area contributed by atoms with Gasteiger partial charge in [-0.3, -0.25) is 4.79 Å². The first kappa shape index (κ1) is 12.3. The third-order valence-electron chi connectivity index (χ3n) is 3.03. The zero-order valence-electron chi connectivity index (χ0n) is 10.4. The summed E-state index contributed by atoms with van der Waals surface area (Å²) in [7, 11) is 0. The minimum Gasteiger partial charge on any atom is -0.457 e. The van der Waals surface area contributed by atoms with E-state index in [-0.39, 0.29) is 18.1 Å². The van der Waals surface area contributed by atoms with E-state index in [4.69, 9.17) is 4.74 Å². The van der Waals surface area contributed by atoms with Crippen molar-refractivity contribution in [2.24, 2.45) is 0 Å². The molecule has 0 saturated heterocycles. The normalized spacial score (nSPS) is 12.8. The fourth-order valence-electron chi connectivity index (χ4n) is 2.04. The highest BCUT2D eigenvalue weighted by Gasteiger charge is 2.21. The second-order valence-electron chi connectivity index (χ2n) is 4.41. The SMILES string of the molecule is O=C(Nc1ccc2c(c1)COC2=O)c1cccc(F)c1. The first-order valence-corrected chi connectivity index (χ1v) is 6.00. The lowest BCUT2D eigenvalue weighted by atomic mass is 10.1. The minimum atomic E-state index is -0.467. The fourth-order valence-corrected chi connectivity index (χ4v) is 2.04. The minimum absolute atomic E-state index is 0.206. The summed E-state index contributed by atoms with van der Waals surface area (Å²) < 4.78 is 17.9. The van der Waals surface area contributed by atoms with Gasteiger partial charge in [-0.15, -0.1) is 0 Å². The Balaban J connectivity index is 1.82. The van der Waals surface area contributed by atoms with E-state index < -0.39 is 11.7 Å². The van der Waals surface area contributed by atoms with Crippen molar-refractivity contribution < 1.29 is 18.7 Å². The van der Waals surface area contributed by atoms with Gasteiger partial charge < -0.3 is 10.1 Å². The lowest BCUT2D eigenvalue weighted by Gasteiger charge is -2.06. The van der Waals surface area contributed by atoms with Crippen LogP contribution in [0, 0.1) is 5.82 Å². The molecule has 1 aliphatic rings. The van der Waals surface area contributed by atoms with E-state index in [1.54, 1.807) is 18.2 Å². The van der Waals surface area contributed by atoms with Crippen molar-refractivity contribution in [2.75, 3.05) is 5.32 Å². The van der Waals surface area contributed by atoms with Crippen LogP contribution in [0.3, 0.4) is 0 Å². The molecule has 0 bridgehead atoms. The molecule has 0 fully saturated rings. The van der Waals surface area contributed by atoms with Crippen molar-refractivity contribution in [2.45, 2.75) is 6.61 Å². The molecule has 3 rings (SSSR count). The van der Waals surface area contributed by atoms with Crippen molar-refractivity contribution in [3.63, 3.8) is 0 Å². The number of fused-ring (bicyclic) bond motifs is 1. The van der Waals surface area contributed by atoms with Crippen molar-refractivity contribution in [1.29, 1.82) is 0 Å². The molecule has 2 aromatic carbocycles. The summed E-state index contributed by atoms with van der Waals surface area (Å²) in [6.07, 6.45) is 0. The number of hydrogen-bond acceptors (Lipinski definition) is 3. The van der Waals surface area contributed by atoms with Gasteiger partial charge in [0, 0.05) is 16.8 Å². The van der Waals surface area contributed by atoms with E-state index >= 15 is 0 Å². The zero-order valence-corrected chi connectivity index (χ0v) is 10.4. The van der Waals surface area contributed by atoms with Crippen molar-refractivity contribution >= 4 is 17.6 Å². The van der Waals surface area contributed by atoms with Crippen LogP contribution in [0.15, 0.2) is 42.5 Å². The second kappa shape index (κ2) is 4.77. The number of esters is 1. The Morgan fingerprint density at radius 1 is 1.20 bits per heavy atom. The fraction of sp³-hybridized carbons (Fsp3) is 0.0667. The highest BCUT2D eigenvalue weighted by molar-refractivity contribution is 6.04. The monoisotopic (exact) mass is 271 g/mol. The summed E-state index contributed by atoms with van der Waals surface area (Å²) in [5.41, 5.74) is 2.01. The first-order chi connectivity index (χ1) is 9.63. The molecule has 20 heavy (non-hydrogen) atoms. The molecule has 0 saturated carbocycles. The van der Waals surface area contributed by atoms with Crippen LogP contribution in [0.4, 0.5) is 10.1 Å². The Kier molecular flexibility index (Phi) is 2.95. The van der Waals surface area contributed by atoms with Crippen LogP contribution in [0.2, 0.25) is 0 Å². The molecule has 0 aromatic heterocycles. The zero-order chi connectivity index (χ0) is 14.1. The highest BCUT2D eigenvalue weighted by Crippen LogP contribution is 2.23. The van der Waals surface area contributed by atoms with E-state index in [1.807, 2.05) is 0 Å². The molecule has 0 atom stereocenters. The second-order valence-corrected chi connectivity index (χ2v) is 4.41. The molecule has 0 aliphatic carbocycles. The Labute approximate surface area is 114 Å². The molecule has 1 amide bonds. The van der Waals surface area contributed by atoms with Crippen LogP contribution >= 0.6 is 0 Å². The van der Waals surface area contributed by atoms with Crippen LogP contribution in [0.1, 0.15) is 26.3 Å². The molecule has 2 aromatic rings. The van der Waals surface area contributed by atoms with Gasteiger partial charge in [0.2, 0.25) is 0 Å². The van der Waals surface area contributed by atoms with Gasteiger partial charge in [-0.1, -0.05) is 6.07 Å². The maximum atomic E-state index is 13.1. The summed E-state index contributed by atoms with van der Waals surface area (Å²) in [5, 5.41) is 2.66. The van der Waals surface area contributed by atoms with E-state index in [2.05, 4.69) is 5.32 Å². The highest BCUT2D eigenvalue weighted by atomic mass is 19.1. The number of ether oxygens (including phenoxy) is 1. The lowest BCUT2D eigenvalue weighted by Crippen LogP contribution is -2.12. The lowest BCUT2D eigenvalue weighted by molar-refractivity contribution is 0.0535. The Bertz CT molecular complexity index is 712. The van der Waals surface area contributed by atoms with Gasteiger partial charge in [0.25, 0.3) is 5.91 Å². The summed E-state index contributed by atoms with van der Waals surface area (Å²) in [6.45, 7) is 0.206. The molecule has 0 spiro atoms. The quantitative estimate of drug-likeness (QED) is 0.854. The standard InChI is InChI=1S/C15H10FNO3/c16-11-3-1-2-9(6-11)14(18)17-12-4-5-13-10(7-12)8-20-15(13)19/h1-7H,8H2,(H,17,18). The summed E-state index contributed by atoms with van der Waals surface area (Å²) in [5.74, 6) is -1.23. The summed E-state index contributed by atoms with van der Waals surface area (Å²) in [4.78, 5) is 23.3. The molecule has 4 nitrogen and oxygen atoms in total. The third kappa shape index (κ3) is 2.25. The average molecular weight is 271 g/mol. The Hall–Kier alpha value is -2.69. The van der Waals surface area contributed by atoms with Gasteiger partial charge in [0.05, 0.1) is 5.56 Å². The van der Waals surface area contributed by atoms with Crippen molar-refractivity contribution in [3.05, 3.63) is 65.0 Å². The van der Waals surface area contributed by atoms with Gasteiger partial charge in [-0.05, 0) is 36.4 Å². The van der Waals surface area contributed by atoms with Crippen molar-refractivity contribution in [1.82, 2.24) is 0 Å². The smallest absolute Gasteiger partial charge is 0.338 e. The molecule has 0 unspecified atom stereocenters. The van der Waals surface area contributed by atoms with Gasteiger partial charge in [-0.2, -0.15) is 0 Å². The van der Waals surface area contributed by atoms with E-state index in [9.17, 15) is 14.0 Å². The topological polar surface area (TPSA) is 55.4 Å². The maximum absolute atomic E-state index is 13.1. The van der Waals surface area contributed by atoms with Gasteiger partial charge in [0.1, 0.15) is 12.4 Å². The molecular weight excluding hydrogens is 261 g/mol. The molecule has 1 heterocycles. The van der Waals surface area contributed by atoms with Gasteiger partial charge in [0.15, 0.2) is 0 Å². The molecule has 5 heteroatoms. The predicted octanol–water partition coefficient (Wildman–Crippen LogP) is 2.75. The number of nitrogens with one attached hydrogen (secondary N) is 1. The van der Waals surface area contributed by atoms with Crippen LogP contribution < -0.4 is 5.32 Å². The van der Waals surface area contributed by atoms with Crippen molar-refractivity contribution in [3.8, 4) is 0 Å². The average Bonchev–Trinajstić information content (AvgIpc) is 2.80. The third-order valence-corrected chi connectivity index (χ3v) is 3.03. The van der Waals surface area contributed by atoms with Crippen LogP contribution in [-0.4, -0.2) is 11.9 Å².